The van der Waals surface area contributed by atoms with Gasteiger partial charge in [0.05, 0.1) is 0 Å². The van der Waals surface area contributed by atoms with Crippen molar-refractivity contribution in [2.45, 2.75) is 58.2 Å². The lowest BCUT2D eigenvalue weighted by Gasteiger charge is -2.24. The maximum atomic E-state index is 11.6. The SMILES string of the molecule is CCC(C(=O)O)N1CC[C@H](NC(=O)OC(C)(C)C)C1. The molecule has 0 bridgehead atoms. The fourth-order valence-corrected chi connectivity index (χ4v) is 2.25. The van der Waals surface area contributed by atoms with E-state index in [0.717, 1.165) is 6.42 Å². The number of amides is 1. The molecule has 1 rings (SSSR count). The van der Waals surface area contributed by atoms with Crippen LogP contribution < -0.4 is 5.32 Å². The molecule has 0 radical (unpaired) electrons. The molecule has 0 saturated carbocycles. The Labute approximate surface area is 114 Å². The van der Waals surface area contributed by atoms with Gasteiger partial charge in [0.2, 0.25) is 0 Å². The van der Waals surface area contributed by atoms with E-state index in [1.54, 1.807) is 0 Å². The first-order chi connectivity index (χ1) is 8.73. The second-order valence-electron chi connectivity index (χ2n) is 5.89. The molecule has 110 valence electrons. The highest BCUT2D eigenvalue weighted by Gasteiger charge is 2.32. The molecule has 0 aromatic carbocycles. The molecule has 1 amide bonds. The number of carbonyl (C=O) groups excluding carboxylic acids is 1. The van der Waals surface area contributed by atoms with Crippen LogP contribution in [0.5, 0.6) is 0 Å². The first-order valence-corrected chi connectivity index (χ1v) is 6.69. The van der Waals surface area contributed by atoms with E-state index < -0.39 is 23.7 Å². The standard InChI is InChI=1S/C13H24N2O4/c1-5-10(11(16)17)15-7-6-9(8-15)14-12(18)19-13(2,3)4/h9-10H,5-8H2,1-4H3,(H,14,18)(H,16,17)/t9-,10?/m0/s1. The number of carboxylic acid groups (broad SMARTS) is 1. The number of rotatable bonds is 4. The van der Waals surface area contributed by atoms with Crippen molar-refractivity contribution >= 4 is 12.1 Å². The lowest BCUT2D eigenvalue weighted by molar-refractivity contribution is -0.143. The van der Waals surface area contributed by atoms with Crippen LogP contribution in [-0.4, -0.2) is 52.8 Å². The van der Waals surface area contributed by atoms with E-state index in [-0.39, 0.29) is 6.04 Å². The minimum Gasteiger partial charge on any atom is -0.480 e. The van der Waals surface area contributed by atoms with Gasteiger partial charge in [0.1, 0.15) is 11.6 Å². The lowest BCUT2D eigenvalue weighted by Crippen LogP contribution is -2.43. The number of aliphatic carboxylic acids is 1. The van der Waals surface area contributed by atoms with Gasteiger partial charge in [-0.1, -0.05) is 6.92 Å². The van der Waals surface area contributed by atoms with Gasteiger partial charge in [-0.25, -0.2) is 4.79 Å². The Bertz CT molecular complexity index is 338. The predicted octanol–water partition coefficient (Wildman–Crippen LogP) is 1.45. The summed E-state index contributed by atoms with van der Waals surface area (Å²) in [5, 5.41) is 11.9. The third kappa shape index (κ3) is 5.06. The summed E-state index contributed by atoms with van der Waals surface area (Å²) >= 11 is 0. The molecule has 1 aliphatic rings. The van der Waals surface area contributed by atoms with Gasteiger partial charge in [-0.15, -0.1) is 0 Å². The summed E-state index contributed by atoms with van der Waals surface area (Å²) in [5.74, 6) is -0.805. The number of carbonyl (C=O) groups is 2. The predicted molar refractivity (Wildman–Crippen MR) is 71.1 cm³/mol. The Morgan fingerprint density at radius 3 is 2.58 bits per heavy atom. The summed E-state index contributed by atoms with van der Waals surface area (Å²) in [4.78, 5) is 24.6. The summed E-state index contributed by atoms with van der Waals surface area (Å²) in [5.41, 5.74) is -0.518. The zero-order valence-electron chi connectivity index (χ0n) is 12.1. The van der Waals surface area contributed by atoms with Crippen molar-refractivity contribution in [2.24, 2.45) is 0 Å². The maximum absolute atomic E-state index is 11.6. The molecule has 6 nitrogen and oxygen atoms in total. The molecule has 1 saturated heterocycles. The topological polar surface area (TPSA) is 78.9 Å². The smallest absolute Gasteiger partial charge is 0.407 e. The molecule has 1 unspecified atom stereocenters. The van der Waals surface area contributed by atoms with Crippen LogP contribution in [0.3, 0.4) is 0 Å². The van der Waals surface area contributed by atoms with Crippen molar-refractivity contribution < 1.29 is 19.4 Å². The quantitative estimate of drug-likeness (QED) is 0.809. The van der Waals surface area contributed by atoms with Crippen LogP contribution in [0, 0.1) is 0 Å². The zero-order valence-corrected chi connectivity index (χ0v) is 12.1. The van der Waals surface area contributed by atoms with Crippen LogP contribution in [0.1, 0.15) is 40.5 Å². The van der Waals surface area contributed by atoms with Gasteiger partial charge in [0, 0.05) is 19.1 Å². The molecule has 1 heterocycles. The Morgan fingerprint density at radius 1 is 1.47 bits per heavy atom. The third-order valence-corrected chi connectivity index (χ3v) is 3.05. The van der Waals surface area contributed by atoms with E-state index in [4.69, 9.17) is 9.84 Å². The van der Waals surface area contributed by atoms with E-state index in [1.807, 2.05) is 32.6 Å². The van der Waals surface area contributed by atoms with Gasteiger partial charge >= 0.3 is 12.1 Å². The summed E-state index contributed by atoms with van der Waals surface area (Å²) < 4.78 is 5.18. The molecule has 2 N–H and O–H groups in total. The highest BCUT2D eigenvalue weighted by atomic mass is 16.6. The third-order valence-electron chi connectivity index (χ3n) is 3.05. The number of nitrogens with zero attached hydrogens (tertiary/aromatic N) is 1. The van der Waals surface area contributed by atoms with E-state index in [2.05, 4.69) is 5.32 Å². The van der Waals surface area contributed by atoms with E-state index in [0.29, 0.717) is 19.5 Å². The Hall–Kier alpha value is -1.30. The number of carboxylic acids is 1. The van der Waals surface area contributed by atoms with Crippen molar-refractivity contribution in [2.75, 3.05) is 13.1 Å². The minimum absolute atomic E-state index is 0.0387. The monoisotopic (exact) mass is 272 g/mol. The number of alkyl carbamates (subject to hydrolysis) is 1. The Morgan fingerprint density at radius 2 is 2.11 bits per heavy atom. The molecule has 0 aromatic heterocycles. The normalized spacial score (nSPS) is 22.0. The molecule has 0 aliphatic carbocycles. The average molecular weight is 272 g/mol. The van der Waals surface area contributed by atoms with Crippen LogP contribution in [-0.2, 0) is 9.53 Å². The number of ether oxygens (including phenoxy) is 1. The van der Waals surface area contributed by atoms with Gasteiger partial charge in [-0.05, 0) is 33.6 Å². The molecule has 0 aromatic rings. The van der Waals surface area contributed by atoms with E-state index in [1.165, 1.54) is 0 Å². The highest BCUT2D eigenvalue weighted by molar-refractivity contribution is 5.73. The van der Waals surface area contributed by atoms with Crippen molar-refractivity contribution in [3.8, 4) is 0 Å². The van der Waals surface area contributed by atoms with Gasteiger partial charge in [0.15, 0.2) is 0 Å². The van der Waals surface area contributed by atoms with Gasteiger partial charge < -0.3 is 15.2 Å². The van der Waals surface area contributed by atoms with Gasteiger partial charge in [0.25, 0.3) is 0 Å². The maximum Gasteiger partial charge on any atom is 0.407 e. The summed E-state index contributed by atoms with van der Waals surface area (Å²) in [7, 11) is 0. The summed E-state index contributed by atoms with van der Waals surface area (Å²) in [6.45, 7) is 8.53. The fraction of sp³-hybridized carbons (Fsp3) is 0.846. The van der Waals surface area contributed by atoms with Crippen LogP contribution in [0.2, 0.25) is 0 Å². The minimum atomic E-state index is -0.805. The first-order valence-electron chi connectivity index (χ1n) is 6.69. The Kier molecular flexibility index (Phi) is 5.17. The van der Waals surface area contributed by atoms with Crippen molar-refractivity contribution in [1.82, 2.24) is 10.2 Å². The number of hydrogen-bond donors (Lipinski definition) is 2. The van der Waals surface area contributed by atoms with Crippen LogP contribution in [0.25, 0.3) is 0 Å². The van der Waals surface area contributed by atoms with Crippen molar-refractivity contribution in [3.05, 3.63) is 0 Å². The number of nitrogens with one attached hydrogen (secondary N) is 1. The molecule has 19 heavy (non-hydrogen) atoms. The molecule has 1 aliphatic heterocycles. The first kappa shape index (κ1) is 15.8. The second-order valence-corrected chi connectivity index (χ2v) is 5.89. The molecule has 0 spiro atoms. The zero-order chi connectivity index (χ0) is 14.6. The lowest BCUT2D eigenvalue weighted by atomic mass is 10.2. The van der Waals surface area contributed by atoms with Crippen LogP contribution in [0.15, 0.2) is 0 Å². The van der Waals surface area contributed by atoms with Gasteiger partial charge in [-0.2, -0.15) is 0 Å². The van der Waals surface area contributed by atoms with Crippen molar-refractivity contribution in [3.63, 3.8) is 0 Å². The number of hydrogen-bond acceptors (Lipinski definition) is 4. The average Bonchev–Trinajstić information content (AvgIpc) is 2.63. The van der Waals surface area contributed by atoms with Crippen molar-refractivity contribution in [1.29, 1.82) is 0 Å². The molecule has 6 heteroatoms. The van der Waals surface area contributed by atoms with Gasteiger partial charge in [-0.3, -0.25) is 9.69 Å². The number of likely N-dealkylation sites (tertiary alicyclic amines) is 1. The summed E-state index contributed by atoms with van der Waals surface area (Å²) in [6.07, 6.45) is 0.875. The summed E-state index contributed by atoms with van der Waals surface area (Å²) in [6, 6.07) is -0.506. The molecule has 2 atom stereocenters. The largest absolute Gasteiger partial charge is 0.480 e. The van der Waals surface area contributed by atoms with E-state index in [9.17, 15) is 9.59 Å². The van der Waals surface area contributed by atoms with E-state index >= 15 is 0 Å². The Balaban J connectivity index is 2.44. The van der Waals surface area contributed by atoms with Crippen LogP contribution in [0.4, 0.5) is 4.79 Å². The fourth-order valence-electron chi connectivity index (χ4n) is 2.25. The second kappa shape index (κ2) is 6.23. The van der Waals surface area contributed by atoms with Crippen LogP contribution >= 0.6 is 0 Å². The molecule has 1 fully saturated rings. The highest BCUT2D eigenvalue weighted by Crippen LogP contribution is 2.16. The molecular weight excluding hydrogens is 248 g/mol. The molecular formula is C13H24N2O4.